The normalized spacial score (nSPS) is 18.6. The van der Waals surface area contributed by atoms with Crippen molar-refractivity contribution in [2.45, 2.75) is 19.6 Å². The molecule has 1 amide bonds. The van der Waals surface area contributed by atoms with E-state index >= 15 is 0 Å². The van der Waals surface area contributed by atoms with Crippen LogP contribution in [0.3, 0.4) is 0 Å². The Morgan fingerprint density at radius 1 is 1.56 bits per heavy atom. The van der Waals surface area contributed by atoms with Gasteiger partial charge in [0, 0.05) is 6.54 Å². The fourth-order valence-electron chi connectivity index (χ4n) is 1.57. The van der Waals surface area contributed by atoms with Crippen molar-refractivity contribution in [3.63, 3.8) is 0 Å². The van der Waals surface area contributed by atoms with E-state index in [1.54, 1.807) is 6.92 Å². The topological polar surface area (TPSA) is 70.6 Å². The number of hydrogen-bond donors (Lipinski definition) is 3. The van der Waals surface area contributed by atoms with E-state index in [1.807, 2.05) is 18.2 Å². The summed E-state index contributed by atoms with van der Waals surface area (Å²) in [4.78, 5) is 11.4. The molecule has 1 aromatic carbocycles. The minimum absolute atomic E-state index is 0.0724. The molecule has 1 aliphatic heterocycles. The molecular weight excluding hydrogens is 208 g/mol. The Labute approximate surface area is 93.4 Å². The van der Waals surface area contributed by atoms with Gasteiger partial charge in [0.2, 0.25) is 0 Å². The Morgan fingerprint density at radius 2 is 2.38 bits per heavy atom. The lowest BCUT2D eigenvalue weighted by Crippen LogP contribution is -2.34. The van der Waals surface area contributed by atoms with Crippen LogP contribution in [0.5, 0.6) is 5.75 Å². The molecule has 0 aromatic heterocycles. The van der Waals surface area contributed by atoms with Crippen LogP contribution in [-0.4, -0.2) is 23.8 Å². The summed E-state index contributed by atoms with van der Waals surface area (Å²) in [6, 6.07) is 5.55. The Bertz CT molecular complexity index is 406. The van der Waals surface area contributed by atoms with Gasteiger partial charge in [0.25, 0.3) is 5.91 Å². The highest BCUT2D eigenvalue weighted by atomic mass is 16.5. The summed E-state index contributed by atoms with van der Waals surface area (Å²) in [5.74, 6) is 0.541. The van der Waals surface area contributed by atoms with Crippen molar-refractivity contribution in [1.29, 1.82) is 0 Å². The molecule has 86 valence electrons. The Morgan fingerprint density at radius 3 is 3.12 bits per heavy atom. The van der Waals surface area contributed by atoms with Crippen molar-refractivity contribution in [2.75, 3.05) is 12.0 Å². The number of nitrogens with one attached hydrogen (secondary N) is 2. The monoisotopic (exact) mass is 222 g/mol. The van der Waals surface area contributed by atoms with Crippen LogP contribution in [0, 0.1) is 0 Å². The number of benzene rings is 1. The average molecular weight is 222 g/mol. The lowest BCUT2D eigenvalue weighted by Gasteiger charge is -2.23. The molecule has 0 saturated heterocycles. The van der Waals surface area contributed by atoms with Gasteiger partial charge in [-0.25, -0.2) is 0 Å². The lowest BCUT2D eigenvalue weighted by atomic mass is 10.1. The number of rotatable bonds is 3. The van der Waals surface area contributed by atoms with Gasteiger partial charge in [-0.2, -0.15) is 0 Å². The van der Waals surface area contributed by atoms with Crippen molar-refractivity contribution >= 4 is 11.6 Å². The number of carbonyl (C=O) groups excluding carboxylic acids is 1. The van der Waals surface area contributed by atoms with Crippen LogP contribution in [0.25, 0.3) is 0 Å². The third kappa shape index (κ3) is 2.15. The van der Waals surface area contributed by atoms with Crippen molar-refractivity contribution in [3.05, 3.63) is 23.8 Å². The fraction of sp³-hybridized carbons (Fsp3) is 0.364. The van der Waals surface area contributed by atoms with Crippen LogP contribution >= 0.6 is 0 Å². The highest BCUT2D eigenvalue weighted by Crippen LogP contribution is 2.30. The molecule has 1 unspecified atom stereocenters. The maximum absolute atomic E-state index is 11.4. The molecule has 0 fully saturated rings. The van der Waals surface area contributed by atoms with Crippen molar-refractivity contribution < 1.29 is 14.6 Å². The highest BCUT2D eigenvalue weighted by Gasteiger charge is 2.23. The van der Waals surface area contributed by atoms with Crippen molar-refractivity contribution in [3.8, 4) is 5.75 Å². The summed E-state index contributed by atoms with van der Waals surface area (Å²) in [7, 11) is 0. The summed E-state index contributed by atoms with van der Waals surface area (Å²) in [6.45, 7) is 2.19. The van der Waals surface area contributed by atoms with Crippen LogP contribution in [0.1, 0.15) is 12.5 Å². The maximum atomic E-state index is 11.4. The zero-order chi connectivity index (χ0) is 11.5. The molecular formula is C11H14N2O3. The molecule has 16 heavy (non-hydrogen) atoms. The van der Waals surface area contributed by atoms with Crippen LogP contribution in [0.2, 0.25) is 0 Å². The summed E-state index contributed by atoms with van der Waals surface area (Å²) in [5.41, 5.74) is 1.66. The fourth-order valence-corrected chi connectivity index (χ4v) is 1.57. The number of aliphatic hydroxyl groups is 1. The van der Waals surface area contributed by atoms with E-state index in [9.17, 15) is 4.79 Å². The van der Waals surface area contributed by atoms with Gasteiger partial charge in [-0.3, -0.25) is 10.1 Å². The van der Waals surface area contributed by atoms with Gasteiger partial charge in [0.15, 0.2) is 6.10 Å². The van der Waals surface area contributed by atoms with Gasteiger partial charge in [-0.1, -0.05) is 6.07 Å². The quantitative estimate of drug-likeness (QED) is 0.649. The second-order valence-electron chi connectivity index (χ2n) is 3.66. The van der Waals surface area contributed by atoms with E-state index < -0.39 is 6.10 Å². The Kier molecular flexibility index (Phi) is 3.07. The van der Waals surface area contributed by atoms with Crippen LogP contribution in [0.4, 0.5) is 5.69 Å². The molecule has 1 atom stereocenters. The average Bonchev–Trinajstić information content (AvgIpc) is 2.28. The van der Waals surface area contributed by atoms with Gasteiger partial charge < -0.3 is 15.2 Å². The molecule has 0 saturated carbocycles. The zero-order valence-electron chi connectivity index (χ0n) is 8.99. The number of fused-ring (bicyclic) bond motifs is 1. The summed E-state index contributed by atoms with van der Waals surface area (Å²) in [6.07, 6.45) is -0.450. The standard InChI is InChI=1S/C11H14N2O3/c1-7-11(15)13-9-4-8(5-12-6-14)2-3-10(9)16-7/h2-4,7,12,14H,5-6H2,1H3,(H,13,15). The van der Waals surface area contributed by atoms with E-state index in [2.05, 4.69) is 10.6 Å². The molecule has 0 bridgehead atoms. The SMILES string of the molecule is CC1Oc2ccc(CNCO)cc2NC1=O. The first kappa shape index (κ1) is 10.9. The minimum Gasteiger partial charge on any atom is -0.479 e. The number of hydrogen-bond acceptors (Lipinski definition) is 4. The van der Waals surface area contributed by atoms with Gasteiger partial charge in [0.05, 0.1) is 12.4 Å². The molecule has 1 heterocycles. The van der Waals surface area contributed by atoms with E-state index in [-0.39, 0.29) is 12.6 Å². The Balaban J connectivity index is 2.19. The first-order valence-electron chi connectivity index (χ1n) is 5.12. The molecule has 2 rings (SSSR count). The predicted molar refractivity (Wildman–Crippen MR) is 59.1 cm³/mol. The molecule has 0 aliphatic carbocycles. The highest BCUT2D eigenvalue weighted by molar-refractivity contribution is 5.97. The summed E-state index contributed by atoms with van der Waals surface area (Å²) >= 11 is 0. The molecule has 5 nitrogen and oxygen atoms in total. The van der Waals surface area contributed by atoms with E-state index in [0.717, 1.165) is 5.56 Å². The first-order chi connectivity index (χ1) is 7.70. The Hall–Kier alpha value is -1.59. The van der Waals surface area contributed by atoms with Crippen molar-refractivity contribution in [1.82, 2.24) is 5.32 Å². The first-order valence-corrected chi connectivity index (χ1v) is 5.12. The van der Waals surface area contributed by atoms with Gasteiger partial charge in [-0.15, -0.1) is 0 Å². The van der Waals surface area contributed by atoms with Crippen LogP contribution in [0.15, 0.2) is 18.2 Å². The number of carbonyl (C=O) groups is 1. The summed E-state index contributed by atoms with van der Waals surface area (Å²) in [5, 5.41) is 14.2. The molecule has 5 heteroatoms. The molecule has 1 aliphatic rings. The summed E-state index contributed by atoms with van der Waals surface area (Å²) < 4.78 is 5.42. The second-order valence-corrected chi connectivity index (χ2v) is 3.66. The number of amides is 1. The lowest BCUT2D eigenvalue weighted by molar-refractivity contribution is -0.122. The number of aliphatic hydroxyl groups excluding tert-OH is 1. The van der Waals surface area contributed by atoms with E-state index in [4.69, 9.17) is 9.84 Å². The predicted octanol–water partition coefficient (Wildman–Crippen LogP) is 0.445. The van der Waals surface area contributed by atoms with Crippen LogP contribution in [-0.2, 0) is 11.3 Å². The number of ether oxygens (including phenoxy) is 1. The van der Waals surface area contributed by atoms with Crippen LogP contribution < -0.4 is 15.4 Å². The molecule has 3 N–H and O–H groups in total. The second kappa shape index (κ2) is 4.51. The third-order valence-electron chi connectivity index (χ3n) is 2.42. The van der Waals surface area contributed by atoms with E-state index in [0.29, 0.717) is 18.0 Å². The van der Waals surface area contributed by atoms with E-state index in [1.165, 1.54) is 0 Å². The van der Waals surface area contributed by atoms with Crippen molar-refractivity contribution in [2.24, 2.45) is 0 Å². The molecule has 0 spiro atoms. The van der Waals surface area contributed by atoms with Gasteiger partial charge in [-0.05, 0) is 24.6 Å². The van der Waals surface area contributed by atoms with Gasteiger partial charge >= 0.3 is 0 Å². The molecule has 0 radical (unpaired) electrons. The van der Waals surface area contributed by atoms with Gasteiger partial charge in [0.1, 0.15) is 5.75 Å². The smallest absolute Gasteiger partial charge is 0.265 e. The number of anilines is 1. The maximum Gasteiger partial charge on any atom is 0.265 e. The molecule has 1 aromatic rings. The minimum atomic E-state index is -0.450. The zero-order valence-corrected chi connectivity index (χ0v) is 8.99. The largest absolute Gasteiger partial charge is 0.479 e. The third-order valence-corrected chi connectivity index (χ3v) is 2.42.